The fraction of sp³-hybridized carbons (Fsp3) is 0.118. The fourth-order valence-corrected chi connectivity index (χ4v) is 2.25. The van der Waals surface area contributed by atoms with E-state index in [4.69, 9.17) is 9.47 Å². The molecule has 3 aromatic rings. The van der Waals surface area contributed by atoms with Gasteiger partial charge >= 0.3 is 0 Å². The predicted molar refractivity (Wildman–Crippen MR) is 84.2 cm³/mol. The van der Waals surface area contributed by atoms with E-state index >= 15 is 0 Å². The molecule has 2 aromatic carbocycles. The van der Waals surface area contributed by atoms with Crippen LogP contribution in [0, 0.1) is 0 Å². The van der Waals surface area contributed by atoms with Crippen molar-refractivity contribution < 1.29 is 14.6 Å². The van der Waals surface area contributed by atoms with Crippen LogP contribution in [-0.4, -0.2) is 29.5 Å². The second-order valence-electron chi connectivity index (χ2n) is 4.78. The maximum absolute atomic E-state index is 9.34. The minimum atomic E-state index is 0.239. The summed E-state index contributed by atoms with van der Waals surface area (Å²) in [4.78, 5) is 0. The number of hydrogen-bond donors (Lipinski definition) is 2. The van der Waals surface area contributed by atoms with Crippen molar-refractivity contribution in [2.45, 2.75) is 0 Å². The molecule has 0 unspecified atom stereocenters. The summed E-state index contributed by atoms with van der Waals surface area (Å²) in [7, 11) is 3.21. The molecule has 3 rings (SSSR count). The van der Waals surface area contributed by atoms with Crippen molar-refractivity contribution in [1.82, 2.24) is 10.2 Å². The van der Waals surface area contributed by atoms with Gasteiger partial charge in [-0.25, -0.2) is 0 Å². The summed E-state index contributed by atoms with van der Waals surface area (Å²) >= 11 is 0. The molecular formula is C17H16N2O3. The SMILES string of the molecule is COc1ccc(-c2cc(-c3ccc(O)cc3)[nH]n2)cc1OC. The largest absolute Gasteiger partial charge is 0.508 e. The quantitative estimate of drug-likeness (QED) is 0.773. The van der Waals surface area contributed by atoms with Gasteiger partial charge in [-0.2, -0.15) is 5.10 Å². The minimum absolute atomic E-state index is 0.239. The van der Waals surface area contributed by atoms with Crippen LogP contribution < -0.4 is 9.47 Å². The number of hydrogen-bond acceptors (Lipinski definition) is 4. The Bertz CT molecular complexity index is 779. The highest BCUT2D eigenvalue weighted by molar-refractivity contribution is 5.70. The number of methoxy groups -OCH3 is 2. The molecule has 2 N–H and O–H groups in total. The molecule has 0 aliphatic rings. The number of H-pyrrole nitrogens is 1. The molecule has 1 heterocycles. The van der Waals surface area contributed by atoms with Gasteiger partial charge in [0.1, 0.15) is 5.75 Å². The summed E-state index contributed by atoms with van der Waals surface area (Å²) in [5.41, 5.74) is 3.57. The summed E-state index contributed by atoms with van der Waals surface area (Å²) < 4.78 is 10.5. The lowest BCUT2D eigenvalue weighted by atomic mass is 10.1. The zero-order valence-corrected chi connectivity index (χ0v) is 12.3. The fourth-order valence-electron chi connectivity index (χ4n) is 2.25. The van der Waals surface area contributed by atoms with Gasteiger partial charge in [0.15, 0.2) is 11.5 Å². The number of nitrogens with zero attached hydrogens (tertiary/aromatic N) is 1. The smallest absolute Gasteiger partial charge is 0.161 e. The third kappa shape index (κ3) is 2.61. The average Bonchev–Trinajstić information content (AvgIpc) is 3.05. The van der Waals surface area contributed by atoms with Crippen molar-refractivity contribution in [1.29, 1.82) is 0 Å². The second kappa shape index (κ2) is 5.81. The van der Waals surface area contributed by atoms with Crippen LogP contribution in [-0.2, 0) is 0 Å². The number of benzene rings is 2. The Labute approximate surface area is 128 Å². The molecule has 1 aromatic heterocycles. The number of aromatic amines is 1. The van der Waals surface area contributed by atoms with E-state index in [0.29, 0.717) is 11.5 Å². The molecule has 0 saturated heterocycles. The standard InChI is InChI=1S/C17H16N2O3/c1-21-16-8-5-12(9-17(16)22-2)15-10-14(18-19-15)11-3-6-13(20)7-4-11/h3-10,20H,1-2H3,(H,18,19). The molecule has 5 heteroatoms. The lowest BCUT2D eigenvalue weighted by Gasteiger charge is -2.08. The topological polar surface area (TPSA) is 67.4 Å². The zero-order valence-electron chi connectivity index (χ0n) is 12.3. The van der Waals surface area contributed by atoms with E-state index in [1.54, 1.807) is 26.4 Å². The molecule has 0 radical (unpaired) electrons. The van der Waals surface area contributed by atoms with Gasteiger partial charge in [0.2, 0.25) is 0 Å². The molecule has 0 fully saturated rings. The molecule has 22 heavy (non-hydrogen) atoms. The lowest BCUT2D eigenvalue weighted by molar-refractivity contribution is 0.355. The molecule has 5 nitrogen and oxygen atoms in total. The van der Waals surface area contributed by atoms with Gasteiger partial charge in [0, 0.05) is 5.56 Å². The molecule has 112 valence electrons. The van der Waals surface area contributed by atoms with E-state index in [1.165, 1.54) is 0 Å². The van der Waals surface area contributed by atoms with Gasteiger partial charge < -0.3 is 14.6 Å². The Morgan fingerprint density at radius 3 is 2.23 bits per heavy atom. The van der Waals surface area contributed by atoms with Crippen molar-refractivity contribution in [3.63, 3.8) is 0 Å². The molecule has 0 atom stereocenters. The van der Waals surface area contributed by atoms with Gasteiger partial charge in [0.25, 0.3) is 0 Å². The molecule has 0 spiro atoms. The Hall–Kier alpha value is -2.95. The Kier molecular flexibility index (Phi) is 3.70. The Balaban J connectivity index is 1.95. The highest BCUT2D eigenvalue weighted by atomic mass is 16.5. The van der Waals surface area contributed by atoms with E-state index < -0.39 is 0 Å². The summed E-state index contributed by atoms with van der Waals surface area (Å²) in [5.74, 6) is 1.58. The van der Waals surface area contributed by atoms with Crippen molar-refractivity contribution in [2.24, 2.45) is 0 Å². The molecular weight excluding hydrogens is 280 g/mol. The third-order valence-electron chi connectivity index (χ3n) is 3.44. The number of aromatic hydroxyl groups is 1. The average molecular weight is 296 g/mol. The van der Waals surface area contributed by atoms with Crippen LogP contribution in [0.5, 0.6) is 17.2 Å². The van der Waals surface area contributed by atoms with Crippen LogP contribution in [0.1, 0.15) is 0 Å². The first kappa shape index (κ1) is 14.0. The first-order valence-electron chi connectivity index (χ1n) is 6.78. The van der Waals surface area contributed by atoms with E-state index in [9.17, 15) is 5.11 Å². The van der Waals surface area contributed by atoms with E-state index in [2.05, 4.69) is 10.2 Å². The van der Waals surface area contributed by atoms with Crippen LogP contribution in [0.25, 0.3) is 22.5 Å². The molecule has 0 aliphatic carbocycles. The lowest BCUT2D eigenvalue weighted by Crippen LogP contribution is -1.90. The number of phenolic OH excluding ortho intramolecular Hbond substituents is 1. The van der Waals surface area contributed by atoms with E-state index in [-0.39, 0.29) is 5.75 Å². The molecule has 0 saturated carbocycles. The van der Waals surface area contributed by atoms with Crippen LogP contribution in [0.2, 0.25) is 0 Å². The Morgan fingerprint density at radius 2 is 1.55 bits per heavy atom. The van der Waals surface area contributed by atoms with Crippen LogP contribution in [0.4, 0.5) is 0 Å². The second-order valence-corrected chi connectivity index (χ2v) is 4.78. The number of aromatic nitrogens is 2. The van der Waals surface area contributed by atoms with Gasteiger partial charge in [-0.3, -0.25) is 5.10 Å². The molecule has 0 aliphatic heterocycles. The van der Waals surface area contributed by atoms with Crippen LogP contribution in [0.15, 0.2) is 48.5 Å². The summed E-state index contributed by atoms with van der Waals surface area (Å²) in [5, 5.41) is 16.7. The van der Waals surface area contributed by atoms with Gasteiger partial charge in [-0.15, -0.1) is 0 Å². The maximum Gasteiger partial charge on any atom is 0.161 e. The van der Waals surface area contributed by atoms with Crippen molar-refractivity contribution in [3.05, 3.63) is 48.5 Å². The monoisotopic (exact) mass is 296 g/mol. The van der Waals surface area contributed by atoms with Gasteiger partial charge in [0.05, 0.1) is 25.6 Å². The number of nitrogens with one attached hydrogen (secondary N) is 1. The Morgan fingerprint density at radius 1 is 0.864 bits per heavy atom. The summed E-state index contributed by atoms with van der Waals surface area (Å²) in [6, 6.07) is 14.6. The summed E-state index contributed by atoms with van der Waals surface area (Å²) in [6.07, 6.45) is 0. The van der Waals surface area contributed by atoms with Gasteiger partial charge in [-0.05, 0) is 54.1 Å². The van der Waals surface area contributed by atoms with E-state index in [1.807, 2.05) is 36.4 Å². The normalized spacial score (nSPS) is 10.5. The van der Waals surface area contributed by atoms with E-state index in [0.717, 1.165) is 22.5 Å². The zero-order chi connectivity index (χ0) is 15.5. The van der Waals surface area contributed by atoms with Crippen LogP contribution >= 0.6 is 0 Å². The first-order chi connectivity index (χ1) is 10.7. The predicted octanol–water partition coefficient (Wildman–Crippen LogP) is 3.47. The van der Waals surface area contributed by atoms with Crippen molar-refractivity contribution >= 4 is 0 Å². The number of ether oxygens (including phenoxy) is 2. The highest BCUT2D eigenvalue weighted by Gasteiger charge is 2.10. The van der Waals surface area contributed by atoms with Crippen LogP contribution in [0.3, 0.4) is 0 Å². The minimum Gasteiger partial charge on any atom is -0.508 e. The highest BCUT2D eigenvalue weighted by Crippen LogP contribution is 2.32. The molecule has 0 bridgehead atoms. The van der Waals surface area contributed by atoms with Crippen molar-refractivity contribution in [2.75, 3.05) is 14.2 Å². The maximum atomic E-state index is 9.34. The number of phenols is 1. The first-order valence-corrected chi connectivity index (χ1v) is 6.78. The summed E-state index contributed by atoms with van der Waals surface area (Å²) in [6.45, 7) is 0. The number of rotatable bonds is 4. The molecule has 0 amide bonds. The van der Waals surface area contributed by atoms with Crippen molar-refractivity contribution in [3.8, 4) is 39.8 Å². The third-order valence-corrected chi connectivity index (χ3v) is 3.44. The van der Waals surface area contributed by atoms with Gasteiger partial charge in [-0.1, -0.05) is 0 Å².